The van der Waals surface area contributed by atoms with Crippen molar-refractivity contribution < 1.29 is 24.0 Å². The molecule has 0 amide bonds. The summed E-state index contributed by atoms with van der Waals surface area (Å²) >= 11 is 0. The van der Waals surface area contributed by atoms with Gasteiger partial charge in [0, 0.05) is 24.2 Å². The number of ether oxygens (including phenoxy) is 3. The topological polar surface area (TPSA) is 63.0 Å². The fraction of sp³-hybridized carbons (Fsp3) is 0.552. The van der Waals surface area contributed by atoms with E-state index in [1.807, 2.05) is 31.2 Å². The number of hydrogen-bond donors (Lipinski definition) is 0. The van der Waals surface area contributed by atoms with E-state index < -0.39 is 6.29 Å². The van der Waals surface area contributed by atoms with Gasteiger partial charge in [-0.1, -0.05) is 49.2 Å². The van der Waals surface area contributed by atoms with Crippen molar-refractivity contribution in [2.45, 2.75) is 95.0 Å². The summed E-state index contributed by atoms with van der Waals surface area (Å²) in [6.45, 7) is 1.84. The third kappa shape index (κ3) is 5.43. The van der Waals surface area contributed by atoms with Gasteiger partial charge >= 0.3 is 0 Å². The normalized spacial score (nSPS) is 27.5. The summed E-state index contributed by atoms with van der Waals surface area (Å²) in [6, 6.07) is 16.6. The average Bonchev–Trinajstić information content (AvgIpc) is 3.40. The molecule has 2 saturated carbocycles. The Kier molecular flexibility index (Phi) is 7.47. The summed E-state index contributed by atoms with van der Waals surface area (Å²) in [5.74, 6) is 1.70. The summed E-state index contributed by atoms with van der Waals surface area (Å²) in [5, 5.41) is 12.8. The van der Waals surface area contributed by atoms with E-state index in [1.165, 1.54) is 24.8 Å². The molecule has 0 radical (unpaired) electrons. The molecular weight excluding hydrogens is 442 g/mol. The van der Waals surface area contributed by atoms with Crippen LogP contribution in [0.2, 0.25) is 0 Å². The fourth-order valence-corrected chi connectivity index (χ4v) is 5.91. The Balaban J connectivity index is 1.34. The van der Waals surface area contributed by atoms with Crippen LogP contribution in [0.4, 0.5) is 0 Å². The lowest BCUT2D eigenvalue weighted by Crippen LogP contribution is -2.39. The summed E-state index contributed by atoms with van der Waals surface area (Å²) in [7, 11) is 1.67. The molecule has 2 aliphatic carbocycles. The van der Waals surface area contributed by atoms with E-state index in [-0.39, 0.29) is 18.1 Å². The highest BCUT2D eigenvalue weighted by molar-refractivity contribution is 5.85. The number of benzene rings is 2. The first kappa shape index (κ1) is 24.0. The van der Waals surface area contributed by atoms with Gasteiger partial charge in [-0.05, 0) is 61.8 Å². The third-order valence-electron chi connectivity index (χ3n) is 7.88. The third-order valence-corrected chi connectivity index (χ3v) is 7.88. The highest BCUT2D eigenvalue weighted by Crippen LogP contribution is 2.40. The SMILES string of the molecule is COc1ccc([C@H]2C[C@H](O[C@H]3CCCC[C@@H]3c3ccccc3)O[N+]([O-])=C2C)cc1OC1CCCC1. The van der Waals surface area contributed by atoms with Crippen LogP contribution in [0, 0.1) is 5.21 Å². The van der Waals surface area contributed by atoms with Gasteiger partial charge in [0.25, 0.3) is 0 Å². The number of nitrogens with zero attached hydrogens (tertiary/aromatic N) is 1. The van der Waals surface area contributed by atoms with Crippen LogP contribution in [-0.4, -0.2) is 36.2 Å². The highest BCUT2D eigenvalue weighted by Gasteiger charge is 2.36. The molecule has 5 rings (SSSR count). The first-order valence-corrected chi connectivity index (χ1v) is 13.1. The molecule has 188 valence electrons. The molecule has 1 aliphatic heterocycles. The molecule has 1 heterocycles. The summed E-state index contributed by atoms with van der Waals surface area (Å²) < 4.78 is 18.4. The van der Waals surface area contributed by atoms with Gasteiger partial charge in [0.1, 0.15) is 0 Å². The van der Waals surface area contributed by atoms with E-state index in [2.05, 4.69) is 24.3 Å². The standard InChI is InChI=1S/C29H37NO5/c1-20-25(22-16-17-27(32-2)28(18-22)33-23-12-6-7-13-23)19-29(35-30(20)31)34-26-15-9-8-14-24(26)21-10-4-3-5-11-21/h3-5,10-11,16-18,23-26,29H,6-9,12-15,19H2,1-2H3/t24-,25+,26+,29-/m1/s1. The van der Waals surface area contributed by atoms with Crippen molar-refractivity contribution in [1.82, 2.24) is 0 Å². The fourth-order valence-electron chi connectivity index (χ4n) is 5.91. The largest absolute Gasteiger partial charge is 0.493 e. The Bertz CT molecular complexity index is 1020. The van der Waals surface area contributed by atoms with Crippen LogP contribution >= 0.6 is 0 Å². The molecule has 6 nitrogen and oxygen atoms in total. The summed E-state index contributed by atoms with van der Waals surface area (Å²) in [5.41, 5.74) is 2.96. The van der Waals surface area contributed by atoms with Gasteiger partial charge in [-0.25, -0.2) is 0 Å². The minimum absolute atomic E-state index is 0.0423. The Morgan fingerprint density at radius 2 is 1.63 bits per heavy atom. The second-order valence-electron chi connectivity index (χ2n) is 10.1. The van der Waals surface area contributed by atoms with E-state index in [1.54, 1.807) is 7.11 Å². The van der Waals surface area contributed by atoms with Gasteiger partial charge in [0.05, 0.1) is 25.2 Å². The minimum Gasteiger partial charge on any atom is -0.493 e. The van der Waals surface area contributed by atoms with E-state index in [4.69, 9.17) is 19.0 Å². The average molecular weight is 480 g/mol. The lowest BCUT2D eigenvalue weighted by atomic mass is 9.81. The van der Waals surface area contributed by atoms with Crippen LogP contribution in [-0.2, 0) is 9.57 Å². The molecule has 0 spiro atoms. The van der Waals surface area contributed by atoms with E-state index >= 15 is 0 Å². The van der Waals surface area contributed by atoms with Crippen molar-refractivity contribution in [3.63, 3.8) is 0 Å². The maximum absolute atomic E-state index is 12.8. The molecule has 6 heteroatoms. The number of hydrogen-bond acceptors (Lipinski definition) is 5. The lowest BCUT2D eigenvalue weighted by molar-refractivity contribution is -0.773. The van der Waals surface area contributed by atoms with Gasteiger partial charge < -0.3 is 19.0 Å². The molecular formula is C29H37NO5. The van der Waals surface area contributed by atoms with Crippen LogP contribution in [0.1, 0.15) is 87.7 Å². The number of rotatable bonds is 7. The Morgan fingerprint density at radius 3 is 2.40 bits per heavy atom. The molecule has 0 unspecified atom stereocenters. The molecule has 2 fully saturated rings. The van der Waals surface area contributed by atoms with Gasteiger partial charge in [0.2, 0.25) is 5.71 Å². The molecule has 4 atom stereocenters. The van der Waals surface area contributed by atoms with Crippen LogP contribution in [0.3, 0.4) is 0 Å². The molecule has 0 N–H and O–H groups in total. The first-order chi connectivity index (χ1) is 17.1. The summed E-state index contributed by atoms with van der Waals surface area (Å²) in [6.07, 6.45) is 9.24. The van der Waals surface area contributed by atoms with Gasteiger partial charge in [-0.2, -0.15) is 0 Å². The zero-order valence-electron chi connectivity index (χ0n) is 20.9. The molecule has 2 aromatic carbocycles. The second-order valence-corrected chi connectivity index (χ2v) is 10.1. The monoisotopic (exact) mass is 479 g/mol. The van der Waals surface area contributed by atoms with Gasteiger partial charge in [-0.15, -0.1) is 0 Å². The van der Waals surface area contributed by atoms with Crippen LogP contribution in [0.15, 0.2) is 48.5 Å². The van der Waals surface area contributed by atoms with Crippen LogP contribution < -0.4 is 9.47 Å². The van der Waals surface area contributed by atoms with Crippen molar-refractivity contribution in [2.75, 3.05) is 7.11 Å². The highest BCUT2D eigenvalue weighted by atomic mass is 16.9. The maximum Gasteiger partial charge on any atom is 0.226 e. The lowest BCUT2D eigenvalue weighted by Gasteiger charge is -2.37. The van der Waals surface area contributed by atoms with E-state index in [0.717, 1.165) is 49.2 Å². The van der Waals surface area contributed by atoms with Crippen LogP contribution in [0.5, 0.6) is 11.5 Å². The van der Waals surface area contributed by atoms with E-state index in [0.29, 0.717) is 23.0 Å². The van der Waals surface area contributed by atoms with Gasteiger partial charge in [0.15, 0.2) is 17.8 Å². The Morgan fingerprint density at radius 1 is 0.886 bits per heavy atom. The molecule has 0 saturated heterocycles. The Hall–Kier alpha value is -2.73. The first-order valence-electron chi connectivity index (χ1n) is 13.1. The van der Waals surface area contributed by atoms with Crippen molar-refractivity contribution in [2.24, 2.45) is 0 Å². The smallest absolute Gasteiger partial charge is 0.226 e. The molecule has 0 bridgehead atoms. The summed E-state index contributed by atoms with van der Waals surface area (Å²) in [4.78, 5) is 6.34. The van der Waals surface area contributed by atoms with E-state index in [9.17, 15) is 5.21 Å². The molecule has 0 aromatic heterocycles. The van der Waals surface area contributed by atoms with Crippen molar-refractivity contribution in [3.05, 3.63) is 64.9 Å². The zero-order valence-corrected chi connectivity index (χ0v) is 20.9. The second kappa shape index (κ2) is 10.9. The van der Waals surface area contributed by atoms with Crippen LogP contribution in [0.25, 0.3) is 0 Å². The Labute approximate surface area is 208 Å². The predicted octanol–water partition coefficient (Wildman–Crippen LogP) is 6.48. The minimum atomic E-state index is -0.586. The predicted molar refractivity (Wildman–Crippen MR) is 135 cm³/mol. The van der Waals surface area contributed by atoms with Gasteiger partial charge in [-0.3, -0.25) is 5.21 Å². The molecule has 35 heavy (non-hydrogen) atoms. The number of methoxy groups -OCH3 is 1. The quantitative estimate of drug-likeness (QED) is 0.426. The van der Waals surface area contributed by atoms with Crippen molar-refractivity contribution in [3.8, 4) is 11.5 Å². The maximum atomic E-state index is 12.8. The molecule has 2 aromatic rings. The zero-order chi connectivity index (χ0) is 24.2. The van der Waals surface area contributed by atoms with Crippen molar-refractivity contribution >= 4 is 5.71 Å². The molecule has 3 aliphatic rings. The van der Waals surface area contributed by atoms with Crippen molar-refractivity contribution in [1.29, 1.82) is 0 Å².